The van der Waals surface area contributed by atoms with Gasteiger partial charge in [-0.2, -0.15) is 0 Å². The molecule has 19 heavy (non-hydrogen) atoms. The highest BCUT2D eigenvalue weighted by molar-refractivity contribution is 5.63. The van der Waals surface area contributed by atoms with E-state index < -0.39 is 0 Å². The normalized spacial score (nSPS) is 10.3. The van der Waals surface area contributed by atoms with Crippen LogP contribution in [0.15, 0.2) is 30.3 Å². The van der Waals surface area contributed by atoms with Gasteiger partial charge in [-0.15, -0.1) is 0 Å². The van der Waals surface area contributed by atoms with Crippen LogP contribution < -0.4 is 10.1 Å². The van der Waals surface area contributed by atoms with E-state index in [1.807, 2.05) is 37.4 Å². The molecule has 100 valence electrons. The summed E-state index contributed by atoms with van der Waals surface area (Å²) < 4.78 is 10.2. The van der Waals surface area contributed by atoms with E-state index in [4.69, 9.17) is 9.47 Å². The van der Waals surface area contributed by atoms with Crippen LogP contribution in [-0.4, -0.2) is 31.2 Å². The van der Waals surface area contributed by atoms with Crippen molar-refractivity contribution in [2.45, 2.75) is 6.61 Å². The molecule has 0 radical (unpaired) electrons. The molecule has 0 aliphatic heterocycles. The molecular weight excluding hydrogens is 242 g/mol. The maximum Gasteiger partial charge on any atom is 0.157 e. The Morgan fingerprint density at radius 2 is 1.84 bits per heavy atom. The minimum atomic E-state index is 0.388. The van der Waals surface area contributed by atoms with Gasteiger partial charge in [-0.1, -0.05) is 0 Å². The summed E-state index contributed by atoms with van der Waals surface area (Å²) in [6, 6.07) is 9.66. The summed E-state index contributed by atoms with van der Waals surface area (Å²) in [4.78, 5) is 8.81. The molecule has 0 unspecified atom stereocenters. The Morgan fingerprint density at radius 3 is 2.42 bits per heavy atom. The molecule has 5 nitrogen and oxygen atoms in total. The lowest BCUT2D eigenvalue weighted by molar-refractivity contribution is 0.178. The topological polar surface area (TPSA) is 56.3 Å². The predicted molar refractivity (Wildman–Crippen MR) is 74.3 cm³/mol. The summed E-state index contributed by atoms with van der Waals surface area (Å²) in [6.07, 6.45) is 0. The van der Waals surface area contributed by atoms with Crippen molar-refractivity contribution >= 4 is 5.82 Å². The van der Waals surface area contributed by atoms with Crippen molar-refractivity contribution in [3.8, 4) is 17.0 Å². The zero-order valence-electron chi connectivity index (χ0n) is 11.3. The number of methoxy groups -OCH3 is 2. The molecule has 1 aromatic carbocycles. The Morgan fingerprint density at radius 1 is 1.11 bits per heavy atom. The molecule has 0 atom stereocenters. The molecule has 1 N–H and O–H groups in total. The third-order valence-corrected chi connectivity index (χ3v) is 2.69. The first-order valence-electron chi connectivity index (χ1n) is 5.96. The lowest BCUT2D eigenvalue weighted by Gasteiger charge is -2.08. The Hall–Kier alpha value is -2.14. The molecule has 1 heterocycles. The third kappa shape index (κ3) is 3.20. The van der Waals surface area contributed by atoms with Gasteiger partial charge in [-0.05, 0) is 24.3 Å². The van der Waals surface area contributed by atoms with Gasteiger partial charge in [-0.25, -0.2) is 9.97 Å². The number of nitrogens with one attached hydrogen (secondary N) is 1. The van der Waals surface area contributed by atoms with Crippen LogP contribution in [-0.2, 0) is 11.3 Å². The van der Waals surface area contributed by atoms with Gasteiger partial charge in [0.05, 0.1) is 12.8 Å². The Labute approximate surface area is 112 Å². The highest BCUT2D eigenvalue weighted by Crippen LogP contribution is 2.22. The molecule has 2 aromatic rings. The van der Waals surface area contributed by atoms with Crippen LogP contribution in [0, 0.1) is 0 Å². The van der Waals surface area contributed by atoms with E-state index in [1.54, 1.807) is 14.2 Å². The first-order chi connectivity index (χ1) is 9.26. The molecule has 0 saturated carbocycles. The Balaban J connectivity index is 2.38. The van der Waals surface area contributed by atoms with E-state index in [2.05, 4.69) is 15.3 Å². The van der Waals surface area contributed by atoms with Gasteiger partial charge in [-0.3, -0.25) is 0 Å². The van der Waals surface area contributed by atoms with E-state index in [0.29, 0.717) is 12.4 Å². The summed E-state index contributed by atoms with van der Waals surface area (Å²) in [7, 11) is 5.11. The first-order valence-corrected chi connectivity index (χ1v) is 5.96. The number of anilines is 1. The second-order valence-corrected chi connectivity index (χ2v) is 3.97. The van der Waals surface area contributed by atoms with Crippen molar-refractivity contribution in [2.24, 2.45) is 0 Å². The fourth-order valence-corrected chi connectivity index (χ4v) is 1.73. The van der Waals surface area contributed by atoms with Gasteiger partial charge in [0, 0.05) is 25.8 Å². The van der Waals surface area contributed by atoms with E-state index in [1.165, 1.54) is 0 Å². The average Bonchev–Trinajstić information content (AvgIpc) is 2.47. The number of nitrogens with zero attached hydrogens (tertiary/aromatic N) is 2. The fraction of sp³-hybridized carbons (Fsp3) is 0.286. The smallest absolute Gasteiger partial charge is 0.157 e. The van der Waals surface area contributed by atoms with E-state index in [0.717, 1.165) is 22.8 Å². The Bertz CT molecular complexity index is 541. The lowest BCUT2D eigenvalue weighted by atomic mass is 10.1. The highest BCUT2D eigenvalue weighted by Gasteiger charge is 2.06. The third-order valence-electron chi connectivity index (χ3n) is 2.69. The second kappa shape index (κ2) is 6.15. The van der Waals surface area contributed by atoms with Gasteiger partial charge in [0.2, 0.25) is 0 Å². The van der Waals surface area contributed by atoms with Crippen molar-refractivity contribution < 1.29 is 9.47 Å². The molecule has 0 aliphatic carbocycles. The summed E-state index contributed by atoms with van der Waals surface area (Å²) >= 11 is 0. The summed E-state index contributed by atoms with van der Waals surface area (Å²) in [6.45, 7) is 0.388. The standard InChI is InChI=1S/C14H17N3O2/c1-15-13-8-12(16-14(17-13)9-18-2)10-4-6-11(19-3)7-5-10/h4-8H,9H2,1-3H3,(H,15,16,17). The molecule has 0 spiro atoms. The van der Waals surface area contributed by atoms with Crippen molar-refractivity contribution in [1.29, 1.82) is 0 Å². The zero-order chi connectivity index (χ0) is 13.7. The van der Waals surface area contributed by atoms with Gasteiger partial charge in [0.1, 0.15) is 18.2 Å². The molecule has 0 amide bonds. The van der Waals surface area contributed by atoms with E-state index in [9.17, 15) is 0 Å². The van der Waals surface area contributed by atoms with Crippen LogP contribution in [0.5, 0.6) is 5.75 Å². The van der Waals surface area contributed by atoms with Crippen LogP contribution in [0.1, 0.15) is 5.82 Å². The number of hydrogen-bond donors (Lipinski definition) is 1. The minimum absolute atomic E-state index is 0.388. The van der Waals surface area contributed by atoms with Crippen molar-refractivity contribution in [3.05, 3.63) is 36.2 Å². The lowest BCUT2D eigenvalue weighted by Crippen LogP contribution is -2.02. The minimum Gasteiger partial charge on any atom is -0.497 e. The molecule has 2 rings (SSSR count). The van der Waals surface area contributed by atoms with Gasteiger partial charge < -0.3 is 14.8 Å². The number of rotatable bonds is 5. The molecule has 0 aliphatic rings. The zero-order valence-corrected chi connectivity index (χ0v) is 11.3. The van der Waals surface area contributed by atoms with Crippen LogP contribution in [0.3, 0.4) is 0 Å². The van der Waals surface area contributed by atoms with Crippen LogP contribution in [0.2, 0.25) is 0 Å². The number of ether oxygens (including phenoxy) is 2. The molecular formula is C14H17N3O2. The first kappa shape index (κ1) is 13.3. The predicted octanol–water partition coefficient (Wildman–Crippen LogP) is 2.34. The average molecular weight is 259 g/mol. The van der Waals surface area contributed by atoms with Crippen LogP contribution >= 0.6 is 0 Å². The van der Waals surface area contributed by atoms with Crippen molar-refractivity contribution in [3.63, 3.8) is 0 Å². The summed E-state index contributed by atoms with van der Waals surface area (Å²) in [5, 5.41) is 3.03. The van der Waals surface area contributed by atoms with Gasteiger partial charge >= 0.3 is 0 Å². The van der Waals surface area contributed by atoms with Crippen LogP contribution in [0.25, 0.3) is 11.3 Å². The summed E-state index contributed by atoms with van der Waals surface area (Å²) in [5.41, 5.74) is 1.87. The fourth-order valence-electron chi connectivity index (χ4n) is 1.73. The summed E-state index contributed by atoms with van der Waals surface area (Å²) in [5.74, 6) is 2.25. The number of hydrogen-bond acceptors (Lipinski definition) is 5. The van der Waals surface area contributed by atoms with Gasteiger partial charge in [0.15, 0.2) is 5.82 Å². The molecule has 0 saturated heterocycles. The maximum absolute atomic E-state index is 5.15. The van der Waals surface area contributed by atoms with E-state index >= 15 is 0 Å². The quantitative estimate of drug-likeness (QED) is 0.893. The number of aromatic nitrogens is 2. The van der Waals surface area contributed by atoms with Crippen molar-refractivity contribution in [2.75, 3.05) is 26.6 Å². The maximum atomic E-state index is 5.15. The monoisotopic (exact) mass is 259 g/mol. The molecule has 1 aromatic heterocycles. The number of benzene rings is 1. The molecule has 5 heteroatoms. The van der Waals surface area contributed by atoms with Crippen LogP contribution in [0.4, 0.5) is 5.82 Å². The van der Waals surface area contributed by atoms with E-state index in [-0.39, 0.29) is 0 Å². The second-order valence-electron chi connectivity index (χ2n) is 3.97. The molecule has 0 fully saturated rings. The SMILES string of the molecule is CNc1cc(-c2ccc(OC)cc2)nc(COC)n1. The largest absolute Gasteiger partial charge is 0.497 e. The highest BCUT2D eigenvalue weighted by atomic mass is 16.5. The van der Waals surface area contributed by atoms with Gasteiger partial charge in [0.25, 0.3) is 0 Å². The Kier molecular flexibility index (Phi) is 4.30. The van der Waals surface area contributed by atoms with Crippen molar-refractivity contribution in [1.82, 2.24) is 9.97 Å². The molecule has 0 bridgehead atoms.